The molecule has 3 rings (SSSR count). The highest BCUT2D eigenvalue weighted by atomic mass is 19.4. The van der Waals surface area contributed by atoms with Crippen LogP contribution in [-0.2, 0) is 17.3 Å². The van der Waals surface area contributed by atoms with Crippen LogP contribution in [-0.4, -0.2) is 34.4 Å². The third kappa shape index (κ3) is 4.70. The Bertz CT molecular complexity index is 1150. The highest BCUT2D eigenvalue weighted by molar-refractivity contribution is 5.51. The Morgan fingerprint density at radius 1 is 0.500 bits per heavy atom. The van der Waals surface area contributed by atoms with Gasteiger partial charge < -0.3 is 10.2 Å². The molecule has 0 atom stereocenters. The predicted molar refractivity (Wildman–Crippen MR) is 110 cm³/mol. The average molecular weight is 604 g/mol. The van der Waals surface area contributed by atoms with E-state index in [0.717, 1.165) is 12.1 Å². The summed E-state index contributed by atoms with van der Waals surface area (Å²) in [4.78, 5) is 0. The standard InChI is InChI=1S/C24H18F14O2/c25-19(26,21(29,30)23(33,34)35)14-10-12(4-6-16(14)39)18(8-2-1-3-9-18)13-5-7-17(40)15(11-13)20(27,28)22(31,32)24(36,37)38/h4-7,10-11,39-40H,1-3,8-9H2. The van der Waals surface area contributed by atoms with E-state index in [2.05, 4.69) is 0 Å². The molecule has 1 fully saturated rings. The highest BCUT2D eigenvalue weighted by Gasteiger charge is 2.75. The number of phenolic OH excluding ortho intramolecular Hbond substituents is 2. The molecule has 0 amide bonds. The molecule has 0 saturated heterocycles. The molecular formula is C24H18F14O2. The van der Waals surface area contributed by atoms with Crippen LogP contribution in [0.1, 0.15) is 54.4 Å². The second-order valence-electron chi connectivity index (χ2n) is 9.40. The molecule has 0 unspecified atom stereocenters. The Balaban J connectivity index is 2.28. The van der Waals surface area contributed by atoms with Gasteiger partial charge in [-0.25, -0.2) is 0 Å². The number of rotatable bonds is 6. The first-order valence-corrected chi connectivity index (χ1v) is 11.3. The second kappa shape index (κ2) is 9.57. The summed E-state index contributed by atoms with van der Waals surface area (Å²) in [7, 11) is 0. The highest BCUT2D eigenvalue weighted by Crippen LogP contribution is 2.57. The molecule has 0 bridgehead atoms. The monoisotopic (exact) mass is 604 g/mol. The molecule has 0 spiro atoms. The zero-order valence-corrected chi connectivity index (χ0v) is 19.7. The van der Waals surface area contributed by atoms with Crippen molar-refractivity contribution in [1.29, 1.82) is 0 Å². The van der Waals surface area contributed by atoms with Gasteiger partial charge in [-0.15, -0.1) is 0 Å². The Hall–Kier alpha value is -2.94. The van der Waals surface area contributed by atoms with Crippen LogP contribution >= 0.6 is 0 Å². The van der Waals surface area contributed by atoms with Crippen LogP contribution in [0.15, 0.2) is 36.4 Å². The second-order valence-corrected chi connectivity index (χ2v) is 9.40. The SMILES string of the molecule is Oc1ccc(C2(c3ccc(O)c(C(F)(F)C(F)(F)C(F)(F)F)c3)CCCCC2)cc1C(F)(F)C(F)(F)C(F)(F)F. The molecule has 0 radical (unpaired) electrons. The van der Waals surface area contributed by atoms with Crippen molar-refractivity contribution in [1.82, 2.24) is 0 Å². The maximum atomic E-state index is 14.5. The van der Waals surface area contributed by atoms with Crippen LogP contribution in [0.5, 0.6) is 11.5 Å². The van der Waals surface area contributed by atoms with Gasteiger partial charge in [-0.1, -0.05) is 31.4 Å². The lowest BCUT2D eigenvalue weighted by molar-refractivity contribution is -0.360. The molecule has 2 aromatic rings. The molecular weight excluding hydrogens is 586 g/mol. The number of hydrogen-bond donors (Lipinski definition) is 2. The minimum atomic E-state index is -6.78. The molecule has 2 nitrogen and oxygen atoms in total. The summed E-state index contributed by atoms with van der Waals surface area (Å²) in [5.74, 6) is -28.9. The van der Waals surface area contributed by atoms with Crippen molar-refractivity contribution in [3.8, 4) is 11.5 Å². The molecule has 1 aliphatic rings. The van der Waals surface area contributed by atoms with Gasteiger partial charge in [0.1, 0.15) is 11.5 Å². The zero-order valence-electron chi connectivity index (χ0n) is 19.7. The molecule has 0 heterocycles. The third-order valence-electron chi connectivity index (χ3n) is 6.98. The van der Waals surface area contributed by atoms with E-state index in [1.165, 1.54) is 0 Å². The Morgan fingerprint density at radius 3 is 1.12 bits per heavy atom. The van der Waals surface area contributed by atoms with Gasteiger partial charge in [0.05, 0.1) is 11.1 Å². The number of alkyl halides is 14. The van der Waals surface area contributed by atoms with Gasteiger partial charge in [0.15, 0.2) is 0 Å². The van der Waals surface area contributed by atoms with Crippen LogP contribution in [0.2, 0.25) is 0 Å². The van der Waals surface area contributed by atoms with Gasteiger partial charge in [-0.05, 0) is 48.2 Å². The summed E-state index contributed by atoms with van der Waals surface area (Å²) in [5, 5.41) is 19.6. The first-order chi connectivity index (χ1) is 17.9. The molecule has 1 aliphatic carbocycles. The van der Waals surface area contributed by atoms with E-state index in [9.17, 15) is 71.7 Å². The normalized spacial score (nSPS) is 17.6. The summed E-state index contributed by atoms with van der Waals surface area (Å²) >= 11 is 0. The van der Waals surface area contributed by atoms with Gasteiger partial charge in [0.25, 0.3) is 0 Å². The van der Waals surface area contributed by atoms with Crippen molar-refractivity contribution < 1.29 is 71.7 Å². The summed E-state index contributed by atoms with van der Waals surface area (Å²) < 4.78 is 190. The van der Waals surface area contributed by atoms with E-state index in [4.69, 9.17) is 0 Å². The summed E-state index contributed by atoms with van der Waals surface area (Å²) in [6.07, 6.45) is -13.3. The van der Waals surface area contributed by atoms with Crippen molar-refractivity contribution in [2.45, 2.75) is 73.6 Å². The lowest BCUT2D eigenvalue weighted by Crippen LogP contribution is -2.50. The zero-order chi connectivity index (χ0) is 30.7. The molecule has 0 aliphatic heterocycles. The minimum Gasteiger partial charge on any atom is -0.507 e. The van der Waals surface area contributed by atoms with Gasteiger partial charge in [-0.3, -0.25) is 0 Å². The van der Waals surface area contributed by atoms with Crippen LogP contribution in [0.4, 0.5) is 61.5 Å². The van der Waals surface area contributed by atoms with Gasteiger partial charge >= 0.3 is 36.0 Å². The predicted octanol–water partition coefficient (Wildman–Crippen LogP) is 8.93. The number of hydrogen-bond acceptors (Lipinski definition) is 2. The molecule has 0 aromatic heterocycles. The van der Waals surface area contributed by atoms with Gasteiger partial charge in [0.2, 0.25) is 0 Å². The van der Waals surface area contributed by atoms with Crippen molar-refractivity contribution in [3.63, 3.8) is 0 Å². The fraction of sp³-hybridized carbons (Fsp3) is 0.500. The first kappa shape index (κ1) is 31.6. The van der Waals surface area contributed by atoms with Crippen LogP contribution < -0.4 is 0 Å². The largest absolute Gasteiger partial charge is 0.507 e. The lowest BCUT2D eigenvalue weighted by atomic mass is 9.64. The Kier molecular flexibility index (Phi) is 7.56. The van der Waals surface area contributed by atoms with Crippen molar-refractivity contribution in [2.75, 3.05) is 0 Å². The molecule has 1 saturated carbocycles. The Labute approximate surface area is 216 Å². The number of aromatic hydroxyl groups is 2. The molecule has 224 valence electrons. The molecule has 2 N–H and O–H groups in total. The number of halogens is 14. The fourth-order valence-corrected chi connectivity index (χ4v) is 4.76. The Morgan fingerprint density at radius 2 is 0.825 bits per heavy atom. The van der Waals surface area contributed by atoms with E-state index in [1.807, 2.05) is 0 Å². The number of benzene rings is 2. The van der Waals surface area contributed by atoms with Gasteiger partial charge in [-0.2, -0.15) is 61.5 Å². The van der Waals surface area contributed by atoms with E-state index < -0.39 is 75.2 Å². The lowest BCUT2D eigenvalue weighted by Gasteiger charge is -2.40. The quantitative estimate of drug-likeness (QED) is 0.324. The van der Waals surface area contributed by atoms with Crippen LogP contribution in [0, 0.1) is 0 Å². The molecule has 16 heteroatoms. The van der Waals surface area contributed by atoms with E-state index >= 15 is 0 Å². The van der Waals surface area contributed by atoms with Crippen molar-refractivity contribution in [3.05, 3.63) is 58.7 Å². The van der Waals surface area contributed by atoms with Crippen molar-refractivity contribution >= 4 is 0 Å². The molecule has 40 heavy (non-hydrogen) atoms. The smallest absolute Gasteiger partial charge is 0.460 e. The summed E-state index contributed by atoms with van der Waals surface area (Å²) in [5.41, 5.74) is -7.33. The van der Waals surface area contributed by atoms with Crippen LogP contribution in [0.3, 0.4) is 0 Å². The fourth-order valence-electron chi connectivity index (χ4n) is 4.76. The van der Waals surface area contributed by atoms with E-state index in [1.54, 1.807) is 0 Å². The van der Waals surface area contributed by atoms with Gasteiger partial charge in [0, 0.05) is 5.41 Å². The molecule has 2 aromatic carbocycles. The summed E-state index contributed by atoms with van der Waals surface area (Å²) in [6.45, 7) is 0. The maximum Gasteiger partial charge on any atom is 0.460 e. The van der Waals surface area contributed by atoms with Crippen molar-refractivity contribution in [2.24, 2.45) is 0 Å². The van der Waals surface area contributed by atoms with E-state index in [-0.39, 0.29) is 37.8 Å². The minimum absolute atomic E-state index is 0.0787. The summed E-state index contributed by atoms with van der Waals surface area (Å²) in [6, 6.07) is 2.43. The third-order valence-corrected chi connectivity index (χ3v) is 6.98. The average Bonchev–Trinajstić information content (AvgIpc) is 2.83. The first-order valence-electron chi connectivity index (χ1n) is 11.3. The maximum absolute atomic E-state index is 14.5. The topological polar surface area (TPSA) is 40.5 Å². The number of phenols is 2. The van der Waals surface area contributed by atoms with E-state index in [0.29, 0.717) is 18.6 Å². The van der Waals surface area contributed by atoms with Crippen LogP contribution in [0.25, 0.3) is 0 Å².